The molecule has 1 N–H and O–H groups in total. The van der Waals surface area contributed by atoms with Gasteiger partial charge in [-0.1, -0.05) is 0 Å². The van der Waals surface area contributed by atoms with E-state index in [-0.39, 0.29) is 6.42 Å². The maximum Gasteiger partial charge on any atom is 0.162 e. The van der Waals surface area contributed by atoms with Gasteiger partial charge in [0.2, 0.25) is 0 Å². The number of aryl methyl sites for hydroxylation is 1. The average Bonchev–Trinajstić information content (AvgIpc) is 2.87. The molecule has 0 bridgehead atoms. The fourth-order valence-electron chi connectivity index (χ4n) is 2.14. The van der Waals surface area contributed by atoms with Gasteiger partial charge in [-0.25, -0.2) is 4.98 Å². The van der Waals surface area contributed by atoms with Crippen LogP contribution >= 0.6 is 0 Å². The zero-order valence-corrected chi connectivity index (χ0v) is 10.6. The number of benzene rings is 1. The standard InChI is InChI=1S/C14H13N3O2/c1-9-6-12-13(19-5-4-18-12)7-10(9)11-8-16-14(17-11)2-3-15/h6-8H,2,4-5H2,1H3,(H,16,17). The molecular weight excluding hydrogens is 242 g/mol. The second kappa shape index (κ2) is 4.65. The van der Waals surface area contributed by atoms with Gasteiger partial charge in [-0.15, -0.1) is 0 Å². The van der Waals surface area contributed by atoms with Crippen molar-refractivity contribution in [1.82, 2.24) is 9.97 Å². The largest absolute Gasteiger partial charge is 0.486 e. The predicted octanol–water partition coefficient (Wildman–Crippen LogP) is 2.22. The first-order valence-electron chi connectivity index (χ1n) is 6.09. The molecule has 0 amide bonds. The molecule has 0 spiro atoms. The molecule has 1 aromatic carbocycles. The number of ether oxygens (including phenoxy) is 2. The highest BCUT2D eigenvalue weighted by atomic mass is 16.6. The summed E-state index contributed by atoms with van der Waals surface area (Å²) in [4.78, 5) is 7.33. The van der Waals surface area contributed by atoms with Crippen LogP contribution in [0.4, 0.5) is 0 Å². The van der Waals surface area contributed by atoms with Gasteiger partial charge in [-0.05, 0) is 24.6 Å². The lowest BCUT2D eigenvalue weighted by Gasteiger charge is -2.20. The predicted molar refractivity (Wildman–Crippen MR) is 69.1 cm³/mol. The van der Waals surface area contributed by atoms with Crippen LogP contribution in [0.1, 0.15) is 11.4 Å². The maximum atomic E-state index is 8.67. The van der Waals surface area contributed by atoms with E-state index in [1.54, 1.807) is 6.20 Å². The summed E-state index contributed by atoms with van der Waals surface area (Å²) < 4.78 is 11.1. The van der Waals surface area contributed by atoms with E-state index in [1.807, 2.05) is 19.1 Å². The third-order valence-electron chi connectivity index (χ3n) is 3.05. The van der Waals surface area contributed by atoms with Gasteiger partial charge < -0.3 is 14.5 Å². The molecule has 1 aliphatic rings. The fraction of sp³-hybridized carbons (Fsp3) is 0.286. The second-order valence-corrected chi connectivity index (χ2v) is 4.39. The number of nitriles is 1. The molecule has 5 nitrogen and oxygen atoms in total. The number of aromatic nitrogens is 2. The molecule has 0 unspecified atom stereocenters. The molecule has 1 aliphatic heterocycles. The summed E-state index contributed by atoms with van der Waals surface area (Å²) in [6.07, 6.45) is 2.02. The molecule has 96 valence electrons. The minimum atomic E-state index is 0.281. The van der Waals surface area contributed by atoms with Crippen molar-refractivity contribution >= 4 is 0 Å². The Hall–Kier alpha value is -2.48. The Morgan fingerprint density at radius 2 is 2.05 bits per heavy atom. The molecule has 0 radical (unpaired) electrons. The van der Waals surface area contributed by atoms with Crippen LogP contribution in [0.15, 0.2) is 18.3 Å². The third-order valence-corrected chi connectivity index (χ3v) is 3.05. The molecular formula is C14H13N3O2. The van der Waals surface area contributed by atoms with Crippen LogP contribution in [0, 0.1) is 18.3 Å². The van der Waals surface area contributed by atoms with E-state index in [9.17, 15) is 0 Å². The summed E-state index contributed by atoms with van der Waals surface area (Å²) in [7, 11) is 0. The van der Waals surface area contributed by atoms with Crippen LogP contribution in [-0.2, 0) is 6.42 Å². The van der Waals surface area contributed by atoms with Gasteiger partial charge in [-0.2, -0.15) is 5.26 Å². The molecule has 0 atom stereocenters. The van der Waals surface area contributed by atoms with Crippen molar-refractivity contribution in [2.45, 2.75) is 13.3 Å². The molecule has 0 saturated heterocycles. The molecule has 2 aromatic rings. The summed E-state index contributed by atoms with van der Waals surface area (Å²) in [6.45, 7) is 3.17. The van der Waals surface area contributed by atoms with E-state index in [1.165, 1.54) is 0 Å². The first-order valence-corrected chi connectivity index (χ1v) is 6.09. The summed E-state index contributed by atoms with van der Waals surface area (Å²) in [5.41, 5.74) is 2.98. The number of hydrogen-bond donors (Lipinski definition) is 1. The molecule has 0 fully saturated rings. The third kappa shape index (κ3) is 2.13. The van der Waals surface area contributed by atoms with Crippen LogP contribution < -0.4 is 9.47 Å². The highest BCUT2D eigenvalue weighted by Gasteiger charge is 2.16. The van der Waals surface area contributed by atoms with Crippen molar-refractivity contribution in [1.29, 1.82) is 5.26 Å². The van der Waals surface area contributed by atoms with E-state index in [2.05, 4.69) is 16.0 Å². The van der Waals surface area contributed by atoms with Gasteiger partial charge in [0.25, 0.3) is 0 Å². The lowest BCUT2D eigenvalue weighted by Crippen LogP contribution is -2.15. The lowest BCUT2D eigenvalue weighted by atomic mass is 10.1. The Morgan fingerprint density at radius 3 is 2.79 bits per heavy atom. The van der Waals surface area contributed by atoms with Crippen molar-refractivity contribution < 1.29 is 9.47 Å². The van der Waals surface area contributed by atoms with Crippen molar-refractivity contribution in [2.75, 3.05) is 13.2 Å². The van der Waals surface area contributed by atoms with E-state index in [0.29, 0.717) is 19.0 Å². The highest BCUT2D eigenvalue weighted by Crippen LogP contribution is 2.36. The summed E-state index contributed by atoms with van der Waals surface area (Å²) in [5, 5.41) is 8.67. The van der Waals surface area contributed by atoms with E-state index >= 15 is 0 Å². The van der Waals surface area contributed by atoms with Crippen LogP contribution in [0.2, 0.25) is 0 Å². The van der Waals surface area contributed by atoms with Crippen molar-refractivity contribution in [3.05, 3.63) is 29.7 Å². The lowest BCUT2D eigenvalue weighted by molar-refractivity contribution is 0.171. The molecule has 0 aliphatic carbocycles. The number of rotatable bonds is 2. The normalized spacial score (nSPS) is 13.1. The van der Waals surface area contributed by atoms with Crippen LogP contribution in [-0.4, -0.2) is 23.2 Å². The smallest absolute Gasteiger partial charge is 0.162 e. The Labute approximate surface area is 110 Å². The van der Waals surface area contributed by atoms with Crippen LogP contribution in [0.3, 0.4) is 0 Å². The van der Waals surface area contributed by atoms with Gasteiger partial charge >= 0.3 is 0 Å². The van der Waals surface area contributed by atoms with Gasteiger partial charge in [0.05, 0.1) is 24.4 Å². The van der Waals surface area contributed by atoms with Crippen molar-refractivity contribution in [3.8, 4) is 28.8 Å². The number of imidazole rings is 1. The van der Waals surface area contributed by atoms with E-state index < -0.39 is 0 Å². The van der Waals surface area contributed by atoms with Gasteiger partial charge in [0.1, 0.15) is 19.0 Å². The molecule has 0 saturated carbocycles. The Balaban J connectivity index is 2.01. The topological polar surface area (TPSA) is 70.9 Å². The minimum absolute atomic E-state index is 0.281. The van der Waals surface area contributed by atoms with Crippen LogP contribution in [0.25, 0.3) is 11.3 Å². The van der Waals surface area contributed by atoms with Crippen molar-refractivity contribution in [2.24, 2.45) is 0 Å². The number of nitrogens with zero attached hydrogens (tertiary/aromatic N) is 2. The highest BCUT2D eigenvalue weighted by molar-refractivity contribution is 5.68. The molecule has 2 heterocycles. The molecule has 5 heteroatoms. The molecule has 19 heavy (non-hydrogen) atoms. The van der Waals surface area contributed by atoms with E-state index in [0.717, 1.165) is 28.3 Å². The monoisotopic (exact) mass is 255 g/mol. The number of nitrogens with one attached hydrogen (secondary N) is 1. The van der Waals surface area contributed by atoms with Crippen molar-refractivity contribution in [3.63, 3.8) is 0 Å². The van der Waals surface area contributed by atoms with Gasteiger partial charge in [-0.3, -0.25) is 0 Å². The molecule has 3 rings (SSSR count). The summed E-state index contributed by atoms with van der Waals surface area (Å²) in [6, 6.07) is 5.99. The minimum Gasteiger partial charge on any atom is -0.486 e. The Kier molecular flexibility index (Phi) is 2.84. The Bertz CT molecular complexity index is 655. The number of hydrogen-bond acceptors (Lipinski definition) is 4. The number of fused-ring (bicyclic) bond motifs is 1. The fourth-order valence-corrected chi connectivity index (χ4v) is 2.14. The van der Waals surface area contributed by atoms with E-state index in [4.69, 9.17) is 14.7 Å². The quantitative estimate of drug-likeness (QED) is 0.893. The number of H-pyrrole nitrogens is 1. The second-order valence-electron chi connectivity index (χ2n) is 4.39. The van der Waals surface area contributed by atoms with Gasteiger partial charge in [0.15, 0.2) is 11.5 Å². The average molecular weight is 255 g/mol. The summed E-state index contributed by atoms with van der Waals surface area (Å²) >= 11 is 0. The van der Waals surface area contributed by atoms with Crippen LogP contribution in [0.5, 0.6) is 11.5 Å². The maximum absolute atomic E-state index is 8.67. The summed E-state index contributed by atoms with van der Waals surface area (Å²) in [5.74, 6) is 2.21. The molecule has 1 aromatic heterocycles. The first kappa shape index (κ1) is 11.6. The SMILES string of the molecule is Cc1cc2c(cc1-c1cnc(CC#N)[nH]1)OCCO2. The number of aromatic amines is 1. The first-order chi connectivity index (χ1) is 9.28. The zero-order chi connectivity index (χ0) is 13.2. The Morgan fingerprint density at radius 1 is 1.32 bits per heavy atom. The van der Waals surface area contributed by atoms with Gasteiger partial charge in [0, 0.05) is 5.56 Å². The zero-order valence-electron chi connectivity index (χ0n) is 10.6.